The highest BCUT2D eigenvalue weighted by Gasteiger charge is 2.43. The van der Waals surface area contributed by atoms with Gasteiger partial charge in [0.15, 0.2) is 0 Å². The predicted octanol–water partition coefficient (Wildman–Crippen LogP) is 0.547. The average molecular weight is 238 g/mol. The summed E-state index contributed by atoms with van der Waals surface area (Å²) in [5.74, 6) is 0.304. The highest BCUT2D eigenvalue weighted by molar-refractivity contribution is 5.80. The van der Waals surface area contributed by atoms with Crippen LogP contribution in [0, 0.1) is 5.92 Å². The first kappa shape index (κ1) is 11.5. The SMILES string of the molecule is O=C(N[C@@H]1CCCC[C@H]1O)C1CC2CCC1N2. The van der Waals surface area contributed by atoms with Crippen LogP contribution in [-0.4, -0.2) is 35.2 Å². The highest BCUT2D eigenvalue weighted by Crippen LogP contribution is 2.33. The number of rotatable bonds is 2. The molecule has 1 amide bonds. The molecule has 2 heterocycles. The van der Waals surface area contributed by atoms with Gasteiger partial charge in [-0.2, -0.15) is 0 Å². The summed E-state index contributed by atoms with van der Waals surface area (Å²) in [6.07, 6.45) is 6.98. The molecule has 1 aliphatic carbocycles. The zero-order chi connectivity index (χ0) is 11.8. The van der Waals surface area contributed by atoms with Gasteiger partial charge in [-0.25, -0.2) is 0 Å². The molecule has 0 aromatic rings. The third-order valence-electron chi connectivity index (χ3n) is 4.69. The number of amides is 1. The van der Waals surface area contributed by atoms with E-state index >= 15 is 0 Å². The van der Waals surface area contributed by atoms with Gasteiger partial charge in [-0.05, 0) is 32.1 Å². The number of fused-ring (bicyclic) bond motifs is 2. The summed E-state index contributed by atoms with van der Waals surface area (Å²) in [7, 11) is 0. The van der Waals surface area contributed by atoms with Crippen molar-refractivity contribution in [2.75, 3.05) is 0 Å². The van der Waals surface area contributed by atoms with E-state index in [-0.39, 0.29) is 24.0 Å². The van der Waals surface area contributed by atoms with Gasteiger partial charge in [0.2, 0.25) is 5.91 Å². The molecule has 5 atom stereocenters. The molecule has 3 rings (SSSR count). The molecule has 2 aliphatic heterocycles. The molecular weight excluding hydrogens is 216 g/mol. The molecule has 3 aliphatic rings. The maximum absolute atomic E-state index is 12.2. The predicted molar refractivity (Wildman–Crippen MR) is 64.5 cm³/mol. The minimum atomic E-state index is -0.334. The molecule has 0 aromatic heterocycles. The van der Waals surface area contributed by atoms with E-state index in [1.165, 1.54) is 6.42 Å². The molecule has 3 unspecified atom stereocenters. The normalized spacial score (nSPS) is 44.9. The third-order valence-corrected chi connectivity index (χ3v) is 4.69. The van der Waals surface area contributed by atoms with Crippen molar-refractivity contribution in [2.24, 2.45) is 5.92 Å². The fraction of sp³-hybridized carbons (Fsp3) is 0.923. The standard InChI is InChI=1S/C13H22N2O2/c16-12-4-2-1-3-11(12)15-13(17)9-7-8-5-6-10(9)14-8/h8-12,14,16H,1-7H2,(H,15,17)/t8?,9?,10?,11-,12-/m1/s1. The van der Waals surface area contributed by atoms with Crippen molar-refractivity contribution in [1.29, 1.82) is 0 Å². The van der Waals surface area contributed by atoms with Crippen molar-refractivity contribution in [3.8, 4) is 0 Å². The maximum atomic E-state index is 12.2. The molecule has 4 heteroatoms. The van der Waals surface area contributed by atoms with Crippen molar-refractivity contribution in [1.82, 2.24) is 10.6 Å². The van der Waals surface area contributed by atoms with Crippen LogP contribution in [0.5, 0.6) is 0 Å². The lowest BCUT2D eigenvalue weighted by atomic mass is 9.87. The van der Waals surface area contributed by atoms with Crippen molar-refractivity contribution in [2.45, 2.75) is 69.2 Å². The molecule has 3 fully saturated rings. The second-order valence-corrected chi connectivity index (χ2v) is 5.86. The highest BCUT2D eigenvalue weighted by atomic mass is 16.3. The van der Waals surface area contributed by atoms with Gasteiger partial charge in [-0.1, -0.05) is 12.8 Å². The molecule has 1 saturated carbocycles. The van der Waals surface area contributed by atoms with E-state index in [1.54, 1.807) is 0 Å². The van der Waals surface area contributed by atoms with Crippen molar-refractivity contribution in [3.63, 3.8) is 0 Å². The van der Waals surface area contributed by atoms with E-state index < -0.39 is 0 Å². The van der Waals surface area contributed by atoms with Crippen LogP contribution < -0.4 is 10.6 Å². The van der Waals surface area contributed by atoms with E-state index in [1.807, 2.05) is 0 Å². The van der Waals surface area contributed by atoms with Gasteiger partial charge >= 0.3 is 0 Å². The number of nitrogens with one attached hydrogen (secondary N) is 2. The lowest BCUT2D eigenvalue weighted by molar-refractivity contribution is -0.127. The lowest BCUT2D eigenvalue weighted by Gasteiger charge is -2.30. The summed E-state index contributed by atoms with van der Waals surface area (Å²) < 4.78 is 0. The Labute approximate surface area is 102 Å². The van der Waals surface area contributed by atoms with E-state index in [4.69, 9.17) is 0 Å². The number of carbonyl (C=O) groups excluding carboxylic acids is 1. The number of aliphatic hydroxyl groups excluding tert-OH is 1. The monoisotopic (exact) mass is 238 g/mol. The summed E-state index contributed by atoms with van der Waals surface area (Å²) in [5.41, 5.74) is 0. The minimum absolute atomic E-state index is 0.00428. The van der Waals surface area contributed by atoms with Gasteiger partial charge in [0.05, 0.1) is 18.1 Å². The van der Waals surface area contributed by atoms with E-state index in [0.29, 0.717) is 12.1 Å². The Morgan fingerprint density at radius 1 is 1.18 bits per heavy atom. The van der Waals surface area contributed by atoms with E-state index in [9.17, 15) is 9.90 Å². The summed E-state index contributed by atoms with van der Waals surface area (Å²) >= 11 is 0. The quantitative estimate of drug-likeness (QED) is 0.658. The van der Waals surface area contributed by atoms with Crippen LogP contribution in [0.15, 0.2) is 0 Å². The first-order chi connectivity index (χ1) is 8.24. The zero-order valence-corrected chi connectivity index (χ0v) is 10.2. The number of aliphatic hydroxyl groups is 1. The van der Waals surface area contributed by atoms with Crippen LogP contribution in [0.1, 0.15) is 44.9 Å². The Morgan fingerprint density at radius 2 is 2.00 bits per heavy atom. The molecule has 0 radical (unpaired) electrons. The molecule has 2 bridgehead atoms. The van der Waals surface area contributed by atoms with Crippen LogP contribution in [0.2, 0.25) is 0 Å². The topological polar surface area (TPSA) is 61.4 Å². The molecule has 4 nitrogen and oxygen atoms in total. The smallest absolute Gasteiger partial charge is 0.225 e. The Morgan fingerprint density at radius 3 is 2.65 bits per heavy atom. The fourth-order valence-corrected chi connectivity index (χ4v) is 3.68. The Bertz CT molecular complexity index is 308. The molecule has 3 N–H and O–H groups in total. The molecule has 17 heavy (non-hydrogen) atoms. The van der Waals surface area contributed by atoms with Gasteiger partial charge in [0.25, 0.3) is 0 Å². The van der Waals surface area contributed by atoms with Crippen LogP contribution in [-0.2, 0) is 4.79 Å². The van der Waals surface area contributed by atoms with Gasteiger partial charge < -0.3 is 15.7 Å². The number of carbonyl (C=O) groups is 1. The fourth-order valence-electron chi connectivity index (χ4n) is 3.68. The number of hydrogen-bond acceptors (Lipinski definition) is 3. The second-order valence-electron chi connectivity index (χ2n) is 5.86. The lowest BCUT2D eigenvalue weighted by Crippen LogP contribution is -2.48. The molecule has 2 saturated heterocycles. The van der Waals surface area contributed by atoms with E-state index in [0.717, 1.165) is 38.5 Å². The molecule has 0 spiro atoms. The van der Waals surface area contributed by atoms with Crippen molar-refractivity contribution < 1.29 is 9.90 Å². The van der Waals surface area contributed by atoms with Crippen LogP contribution in [0.3, 0.4) is 0 Å². The molecule has 96 valence electrons. The summed E-state index contributed by atoms with van der Waals surface area (Å²) in [6, 6.07) is 0.947. The Balaban J connectivity index is 1.56. The van der Waals surface area contributed by atoms with Crippen molar-refractivity contribution in [3.05, 3.63) is 0 Å². The average Bonchev–Trinajstić information content (AvgIpc) is 2.94. The summed E-state index contributed by atoms with van der Waals surface area (Å²) in [6.45, 7) is 0. The Hall–Kier alpha value is -0.610. The maximum Gasteiger partial charge on any atom is 0.225 e. The second kappa shape index (κ2) is 4.58. The largest absolute Gasteiger partial charge is 0.391 e. The van der Waals surface area contributed by atoms with Crippen LogP contribution >= 0.6 is 0 Å². The first-order valence-electron chi connectivity index (χ1n) is 6.98. The van der Waals surface area contributed by atoms with E-state index in [2.05, 4.69) is 10.6 Å². The van der Waals surface area contributed by atoms with Crippen LogP contribution in [0.4, 0.5) is 0 Å². The number of hydrogen-bond donors (Lipinski definition) is 3. The first-order valence-corrected chi connectivity index (χ1v) is 6.98. The summed E-state index contributed by atoms with van der Waals surface area (Å²) in [4.78, 5) is 12.2. The van der Waals surface area contributed by atoms with Gasteiger partial charge in [0, 0.05) is 12.1 Å². The zero-order valence-electron chi connectivity index (χ0n) is 10.2. The van der Waals surface area contributed by atoms with Gasteiger partial charge in [-0.3, -0.25) is 4.79 Å². The van der Waals surface area contributed by atoms with Gasteiger partial charge in [-0.15, -0.1) is 0 Å². The van der Waals surface area contributed by atoms with Gasteiger partial charge in [0.1, 0.15) is 0 Å². The molecular formula is C13H22N2O2. The third kappa shape index (κ3) is 2.20. The molecule has 0 aromatic carbocycles. The Kier molecular flexibility index (Phi) is 3.09. The minimum Gasteiger partial charge on any atom is -0.391 e. The van der Waals surface area contributed by atoms with Crippen molar-refractivity contribution >= 4 is 5.91 Å². The van der Waals surface area contributed by atoms with Crippen LogP contribution in [0.25, 0.3) is 0 Å². The summed E-state index contributed by atoms with van der Waals surface area (Å²) in [5, 5.41) is 16.4.